The van der Waals surface area contributed by atoms with Crippen LogP contribution in [0.1, 0.15) is 36.1 Å². The molecule has 1 aromatic heterocycles. The number of halogens is 3. The van der Waals surface area contributed by atoms with Crippen LogP contribution in [0, 0.1) is 6.92 Å². The van der Waals surface area contributed by atoms with E-state index in [4.69, 9.17) is 17.3 Å². The fraction of sp³-hybridized carbons (Fsp3) is 0.636. The smallest absolute Gasteiger partial charge is 0.248 e. The molecular weight excluding hydrogens is 252 g/mol. The van der Waals surface area contributed by atoms with Crippen LogP contribution in [0.15, 0.2) is 5.38 Å². The highest BCUT2D eigenvalue weighted by molar-refractivity contribution is 7.11. The monoisotopic (exact) mass is 265 g/mol. The third kappa shape index (κ3) is 2.11. The number of hydrogen-bond donors (Lipinski definition) is 1. The molecule has 0 atom stereocenters. The summed E-state index contributed by atoms with van der Waals surface area (Å²) in [4.78, 5) is 0.863. The van der Waals surface area contributed by atoms with E-state index in [-0.39, 0.29) is 12.8 Å². The van der Waals surface area contributed by atoms with Gasteiger partial charge >= 0.3 is 0 Å². The van der Waals surface area contributed by atoms with E-state index < -0.39 is 11.5 Å². The standard InChI is InChI=1S/C11H14ClF2NS/c1-7-6-16-9(8(7)12)10(15)2-4-11(13,14)5-3-10/h6H,2-5,15H2,1H3. The molecule has 2 N–H and O–H groups in total. The Labute approximate surface area is 103 Å². The van der Waals surface area contributed by atoms with Crippen molar-refractivity contribution in [2.75, 3.05) is 0 Å². The lowest BCUT2D eigenvalue weighted by Gasteiger charge is -2.36. The van der Waals surface area contributed by atoms with Gasteiger partial charge in [0.15, 0.2) is 0 Å². The van der Waals surface area contributed by atoms with Crippen molar-refractivity contribution in [2.24, 2.45) is 5.73 Å². The van der Waals surface area contributed by atoms with Gasteiger partial charge in [-0.1, -0.05) is 11.6 Å². The summed E-state index contributed by atoms with van der Waals surface area (Å²) >= 11 is 7.63. The van der Waals surface area contributed by atoms with Crippen molar-refractivity contribution >= 4 is 22.9 Å². The minimum absolute atomic E-state index is 0.142. The van der Waals surface area contributed by atoms with E-state index in [0.717, 1.165) is 10.4 Å². The predicted molar refractivity (Wildman–Crippen MR) is 63.3 cm³/mol. The predicted octanol–water partition coefficient (Wildman–Crippen LogP) is 4.07. The second-order valence-electron chi connectivity index (χ2n) is 4.57. The van der Waals surface area contributed by atoms with E-state index in [0.29, 0.717) is 17.9 Å². The molecule has 0 bridgehead atoms. The number of nitrogens with two attached hydrogens (primary N) is 1. The zero-order valence-corrected chi connectivity index (χ0v) is 10.6. The van der Waals surface area contributed by atoms with Crippen LogP contribution in [0.5, 0.6) is 0 Å². The molecule has 1 aromatic rings. The van der Waals surface area contributed by atoms with Gasteiger partial charge in [0.25, 0.3) is 0 Å². The normalized spacial score (nSPS) is 23.3. The molecule has 1 aliphatic rings. The fourth-order valence-corrected chi connectivity index (χ4v) is 3.61. The van der Waals surface area contributed by atoms with Crippen LogP contribution in [-0.4, -0.2) is 5.92 Å². The molecule has 0 aromatic carbocycles. The molecule has 1 heterocycles. The van der Waals surface area contributed by atoms with Crippen molar-refractivity contribution in [2.45, 2.75) is 44.1 Å². The highest BCUT2D eigenvalue weighted by Gasteiger charge is 2.43. The Bertz CT molecular complexity index is 393. The second kappa shape index (κ2) is 3.93. The largest absolute Gasteiger partial charge is 0.321 e. The maximum atomic E-state index is 13.1. The van der Waals surface area contributed by atoms with Gasteiger partial charge in [-0.2, -0.15) is 0 Å². The van der Waals surface area contributed by atoms with E-state index in [1.54, 1.807) is 0 Å². The Kier molecular flexibility index (Phi) is 3.01. The van der Waals surface area contributed by atoms with Crippen molar-refractivity contribution in [1.82, 2.24) is 0 Å². The molecule has 2 rings (SSSR count). The first-order chi connectivity index (χ1) is 7.34. The molecule has 1 nitrogen and oxygen atoms in total. The number of hydrogen-bond acceptors (Lipinski definition) is 2. The summed E-state index contributed by atoms with van der Waals surface area (Å²) in [6, 6.07) is 0. The minimum Gasteiger partial charge on any atom is -0.321 e. The molecule has 90 valence electrons. The maximum Gasteiger partial charge on any atom is 0.248 e. The van der Waals surface area contributed by atoms with Crippen molar-refractivity contribution in [1.29, 1.82) is 0 Å². The quantitative estimate of drug-likeness (QED) is 0.814. The number of alkyl halides is 2. The van der Waals surface area contributed by atoms with Crippen molar-refractivity contribution in [3.8, 4) is 0 Å². The first kappa shape index (κ1) is 12.3. The van der Waals surface area contributed by atoms with Gasteiger partial charge < -0.3 is 5.73 Å². The highest BCUT2D eigenvalue weighted by atomic mass is 35.5. The van der Waals surface area contributed by atoms with Gasteiger partial charge in [0, 0.05) is 17.7 Å². The van der Waals surface area contributed by atoms with Crippen LogP contribution in [0.4, 0.5) is 8.78 Å². The summed E-state index contributed by atoms with van der Waals surface area (Å²) < 4.78 is 26.2. The molecule has 1 aliphatic carbocycles. The molecule has 0 radical (unpaired) electrons. The van der Waals surface area contributed by atoms with Crippen LogP contribution in [0.3, 0.4) is 0 Å². The molecule has 0 unspecified atom stereocenters. The van der Waals surface area contributed by atoms with Crippen molar-refractivity contribution in [3.63, 3.8) is 0 Å². The Hall–Kier alpha value is -0.190. The van der Waals surface area contributed by atoms with Crippen LogP contribution in [0.2, 0.25) is 5.02 Å². The van der Waals surface area contributed by atoms with Crippen LogP contribution in [-0.2, 0) is 5.54 Å². The number of aryl methyl sites for hydroxylation is 1. The molecule has 0 aliphatic heterocycles. The topological polar surface area (TPSA) is 26.0 Å². The Morgan fingerprint density at radius 2 is 1.88 bits per heavy atom. The zero-order chi connectivity index (χ0) is 12.0. The lowest BCUT2D eigenvalue weighted by Crippen LogP contribution is -2.43. The zero-order valence-electron chi connectivity index (χ0n) is 9.03. The summed E-state index contributed by atoms with van der Waals surface area (Å²) in [5.41, 5.74) is 6.53. The first-order valence-electron chi connectivity index (χ1n) is 5.25. The third-order valence-corrected chi connectivity index (χ3v) is 5.14. The highest BCUT2D eigenvalue weighted by Crippen LogP contribution is 2.46. The SMILES string of the molecule is Cc1csc(C2(N)CCC(F)(F)CC2)c1Cl. The molecular formula is C11H14ClF2NS. The molecule has 0 saturated heterocycles. The summed E-state index contributed by atoms with van der Waals surface area (Å²) in [5, 5.41) is 2.58. The molecule has 5 heteroatoms. The lowest BCUT2D eigenvalue weighted by molar-refractivity contribution is -0.0509. The summed E-state index contributed by atoms with van der Waals surface area (Å²) in [6.07, 6.45) is 0.326. The summed E-state index contributed by atoms with van der Waals surface area (Å²) in [7, 11) is 0. The van der Waals surface area contributed by atoms with E-state index >= 15 is 0 Å². The second-order valence-corrected chi connectivity index (χ2v) is 5.83. The molecule has 1 fully saturated rings. The average molecular weight is 266 g/mol. The van der Waals surface area contributed by atoms with Crippen molar-refractivity contribution < 1.29 is 8.78 Å². The Balaban J connectivity index is 2.25. The molecule has 0 spiro atoms. The lowest BCUT2D eigenvalue weighted by atomic mass is 9.79. The van der Waals surface area contributed by atoms with Gasteiger partial charge in [0.1, 0.15) is 0 Å². The van der Waals surface area contributed by atoms with Crippen LogP contribution >= 0.6 is 22.9 Å². The summed E-state index contributed by atoms with van der Waals surface area (Å²) in [5.74, 6) is -2.55. The molecule has 16 heavy (non-hydrogen) atoms. The van der Waals surface area contributed by atoms with Crippen LogP contribution < -0.4 is 5.73 Å². The van der Waals surface area contributed by atoms with Crippen molar-refractivity contribution in [3.05, 3.63) is 20.8 Å². The maximum absolute atomic E-state index is 13.1. The van der Waals surface area contributed by atoms with Gasteiger partial charge in [-0.3, -0.25) is 0 Å². The fourth-order valence-electron chi connectivity index (χ4n) is 2.05. The third-order valence-electron chi connectivity index (χ3n) is 3.23. The minimum atomic E-state index is -2.55. The molecule has 1 saturated carbocycles. The molecule has 0 amide bonds. The summed E-state index contributed by atoms with van der Waals surface area (Å²) in [6.45, 7) is 1.91. The van der Waals surface area contributed by atoms with Gasteiger partial charge in [-0.15, -0.1) is 11.3 Å². The number of thiophene rings is 1. The van der Waals surface area contributed by atoms with E-state index in [2.05, 4.69) is 0 Å². The Morgan fingerprint density at radius 3 is 2.31 bits per heavy atom. The van der Waals surface area contributed by atoms with Gasteiger partial charge in [-0.05, 0) is 30.7 Å². The van der Waals surface area contributed by atoms with E-state index in [1.807, 2.05) is 12.3 Å². The van der Waals surface area contributed by atoms with E-state index in [9.17, 15) is 8.78 Å². The van der Waals surface area contributed by atoms with Gasteiger partial charge in [0.05, 0.1) is 10.6 Å². The van der Waals surface area contributed by atoms with E-state index in [1.165, 1.54) is 11.3 Å². The number of rotatable bonds is 1. The van der Waals surface area contributed by atoms with Gasteiger partial charge in [0.2, 0.25) is 5.92 Å². The van der Waals surface area contributed by atoms with Crippen LogP contribution in [0.25, 0.3) is 0 Å². The Morgan fingerprint density at radius 1 is 1.31 bits per heavy atom. The first-order valence-corrected chi connectivity index (χ1v) is 6.51. The average Bonchev–Trinajstić information content (AvgIpc) is 2.54. The van der Waals surface area contributed by atoms with Gasteiger partial charge in [-0.25, -0.2) is 8.78 Å².